The molecule has 0 aliphatic rings. The minimum absolute atomic E-state index is 0.220. The molecular weight excluding hydrogens is 266 g/mol. The first-order valence-corrected chi connectivity index (χ1v) is 5.91. The lowest BCUT2D eigenvalue weighted by atomic mass is 10.2. The Morgan fingerprint density at radius 3 is 2.58 bits per heavy atom. The maximum absolute atomic E-state index is 12.2. The van der Waals surface area contributed by atoms with Crippen LogP contribution in [0.4, 0.5) is 5.69 Å². The third-order valence-corrected chi connectivity index (χ3v) is 2.80. The Morgan fingerprint density at radius 2 is 1.95 bits per heavy atom. The van der Waals surface area contributed by atoms with Gasteiger partial charge in [-0.3, -0.25) is 4.79 Å². The average Bonchev–Trinajstić information content (AvgIpc) is 2.46. The topological polar surface area (TPSA) is 55.3 Å². The molecule has 0 N–H and O–H groups in total. The first-order chi connectivity index (χ1) is 9.13. The number of amides is 1. The summed E-state index contributed by atoms with van der Waals surface area (Å²) in [5, 5.41) is 7.67. The summed E-state index contributed by atoms with van der Waals surface area (Å²) in [4.78, 5) is 13.7. The second kappa shape index (κ2) is 5.67. The van der Waals surface area contributed by atoms with Gasteiger partial charge in [-0.15, -0.1) is 10.2 Å². The van der Waals surface area contributed by atoms with Crippen LogP contribution >= 0.6 is 11.6 Å². The number of para-hydroxylation sites is 2. The molecule has 2 aromatic rings. The predicted molar refractivity (Wildman–Crippen MR) is 72.8 cm³/mol. The average molecular weight is 278 g/mol. The second-order valence-electron chi connectivity index (χ2n) is 3.78. The number of hydrogen-bond acceptors (Lipinski definition) is 4. The first-order valence-electron chi connectivity index (χ1n) is 5.54. The molecular formula is C13H12ClN3O2. The lowest BCUT2D eigenvalue weighted by molar-refractivity contribution is 0.0986. The van der Waals surface area contributed by atoms with Crippen molar-refractivity contribution in [1.82, 2.24) is 10.2 Å². The quantitative estimate of drug-likeness (QED) is 0.864. The van der Waals surface area contributed by atoms with Crippen LogP contribution in [-0.4, -0.2) is 30.3 Å². The fourth-order valence-corrected chi connectivity index (χ4v) is 1.72. The van der Waals surface area contributed by atoms with Crippen molar-refractivity contribution < 1.29 is 9.53 Å². The summed E-state index contributed by atoms with van der Waals surface area (Å²) in [7, 11) is 3.20. The summed E-state index contributed by atoms with van der Waals surface area (Å²) in [5.41, 5.74) is 0.879. The fourth-order valence-electron chi connectivity index (χ4n) is 1.62. The summed E-state index contributed by atoms with van der Waals surface area (Å²) in [6, 6.07) is 10.3. The maximum atomic E-state index is 12.2. The van der Waals surface area contributed by atoms with E-state index in [1.807, 2.05) is 12.1 Å². The molecule has 0 bridgehead atoms. The molecule has 1 aromatic carbocycles. The van der Waals surface area contributed by atoms with Crippen LogP contribution in [0.5, 0.6) is 5.75 Å². The zero-order chi connectivity index (χ0) is 13.8. The molecule has 0 saturated heterocycles. The molecule has 1 aromatic heterocycles. The van der Waals surface area contributed by atoms with Gasteiger partial charge in [0.2, 0.25) is 0 Å². The third kappa shape index (κ3) is 2.82. The zero-order valence-electron chi connectivity index (χ0n) is 10.5. The highest BCUT2D eigenvalue weighted by atomic mass is 35.5. The highest BCUT2D eigenvalue weighted by Gasteiger charge is 2.18. The molecule has 0 atom stereocenters. The molecule has 0 unspecified atom stereocenters. The number of nitrogens with zero attached hydrogens (tertiary/aromatic N) is 3. The van der Waals surface area contributed by atoms with Crippen LogP contribution < -0.4 is 9.64 Å². The van der Waals surface area contributed by atoms with E-state index in [1.165, 1.54) is 17.0 Å². The molecule has 1 amide bonds. The van der Waals surface area contributed by atoms with E-state index in [-0.39, 0.29) is 16.8 Å². The van der Waals surface area contributed by atoms with Gasteiger partial charge in [0.15, 0.2) is 10.8 Å². The van der Waals surface area contributed by atoms with Crippen molar-refractivity contribution in [2.75, 3.05) is 19.1 Å². The molecule has 98 valence electrons. The van der Waals surface area contributed by atoms with Gasteiger partial charge in [0, 0.05) is 7.05 Å². The lowest BCUT2D eigenvalue weighted by Gasteiger charge is -2.19. The van der Waals surface area contributed by atoms with Gasteiger partial charge in [0.05, 0.1) is 12.8 Å². The van der Waals surface area contributed by atoms with E-state index in [9.17, 15) is 4.79 Å². The zero-order valence-corrected chi connectivity index (χ0v) is 11.3. The number of aromatic nitrogens is 2. The molecule has 0 fully saturated rings. The van der Waals surface area contributed by atoms with Gasteiger partial charge in [-0.2, -0.15) is 0 Å². The smallest absolute Gasteiger partial charge is 0.278 e. The van der Waals surface area contributed by atoms with E-state index in [0.29, 0.717) is 11.4 Å². The Morgan fingerprint density at radius 1 is 1.21 bits per heavy atom. The van der Waals surface area contributed by atoms with Gasteiger partial charge in [0.1, 0.15) is 5.75 Å². The second-order valence-corrected chi connectivity index (χ2v) is 4.16. The predicted octanol–water partition coefficient (Wildman–Crippen LogP) is 2.42. The molecule has 19 heavy (non-hydrogen) atoms. The highest BCUT2D eigenvalue weighted by molar-refractivity contribution is 6.29. The van der Waals surface area contributed by atoms with E-state index in [1.54, 1.807) is 26.3 Å². The van der Waals surface area contributed by atoms with Crippen LogP contribution in [0.3, 0.4) is 0 Å². The molecule has 0 spiro atoms. The number of hydrogen-bond donors (Lipinski definition) is 0. The van der Waals surface area contributed by atoms with Crippen LogP contribution in [0.2, 0.25) is 5.15 Å². The van der Waals surface area contributed by atoms with Crippen molar-refractivity contribution in [3.8, 4) is 5.75 Å². The first kappa shape index (κ1) is 13.3. The summed E-state index contributed by atoms with van der Waals surface area (Å²) in [6.07, 6.45) is 0. The highest BCUT2D eigenvalue weighted by Crippen LogP contribution is 2.27. The minimum atomic E-state index is -0.284. The van der Waals surface area contributed by atoms with Crippen molar-refractivity contribution >= 4 is 23.2 Å². The molecule has 0 saturated carbocycles. The van der Waals surface area contributed by atoms with Crippen LogP contribution in [0.25, 0.3) is 0 Å². The molecule has 0 aliphatic carbocycles. The van der Waals surface area contributed by atoms with Crippen molar-refractivity contribution in [1.29, 1.82) is 0 Å². The summed E-state index contributed by atoms with van der Waals surface area (Å²) in [6.45, 7) is 0. The van der Waals surface area contributed by atoms with Crippen molar-refractivity contribution in [3.63, 3.8) is 0 Å². The van der Waals surface area contributed by atoms with Gasteiger partial charge in [-0.05, 0) is 24.3 Å². The summed E-state index contributed by atoms with van der Waals surface area (Å²) < 4.78 is 5.22. The van der Waals surface area contributed by atoms with Crippen LogP contribution in [0.15, 0.2) is 36.4 Å². The van der Waals surface area contributed by atoms with Crippen molar-refractivity contribution in [2.45, 2.75) is 0 Å². The largest absolute Gasteiger partial charge is 0.495 e. The standard InChI is InChI=1S/C13H12ClN3O2/c1-17(10-5-3-4-6-11(10)19-2)13(18)9-7-8-12(14)16-15-9/h3-8H,1-2H3. The molecule has 0 aliphatic heterocycles. The normalized spacial score (nSPS) is 10.1. The number of rotatable bonds is 3. The maximum Gasteiger partial charge on any atom is 0.278 e. The molecule has 2 rings (SSSR count). The molecule has 1 heterocycles. The minimum Gasteiger partial charge on any atom is -0.495 e. The third-order valence-electron chi connectivity index (χ3n) is 2.60. The van der Waals surface area contributed by atoms with E-state index < -0.39 is 0 Å². The number of anilines is 1. The van der Waals surface area contributed by atoms with Crippen molar-refractivity contribution in [3.05, 3.63) is 47.2 Å². The van der Waals surface area contributed by atoms with Gasteiger partial charge in [-0.1, -0.05) is 23.7 Å². The van der Waals surface area contributed by atoms with E-state index in [2.05, 4.69) is 10.2 Å². The summed E-state index contributed by atoms with van der Waals surface area (Å²) in [5.74, 6) is 0.328. The number of carbonyl (C=O) groups is 1. The van der Waals surface area contributed by atoms with Gasteiger partial charge in [-0.25, -0.2) is 0 Å². The Hall–Kier alpha value is -2.14. The van der Waals surface area contributed by atoms with Gasteiger partial charge in [0.25, 0.3) is 5.91 Å². The van der Waals surface area contributed by atoms with Crippen LogP contribution in [0, 0.1) is 0 Å². The Kier molecular flexibility index (Phi) is 3.97. The monoisotopic (exact) mass is 277 g/mol. The number of methoxy groups -OCH3 is 1. The lowest BCUT2D eigenvalue weighted by Crippen LogP contribution is -2.27. The Balaban J connectivity index is 2.30. The molecule has 5 nitrogen and oxygen atoms in total. The van der Waals surface area contributed by atoms with Crippen LogP contribution in [0.1, 0.15) is 10.5 Å². The molecule has 6 heteroatoms. The van der Waals surface area contributed by atoms with E-state index in [0.717, 1.165) is 0 Å². The van der Waals surface area contributed by atoms with E-state index in [4.69, 9.17) is 16.3 Å². The van der Waals surface area contributed by atoms with Gasteiger partial charge < -0.3 is 9.64 Å². The Labute approximate surface area is 115 Å². The van der Waals surface area contributed by atoms with Crippen molar-refractivity contribution in [2.24, 2.45) is 0 Å². The van der Waals surface area contributed by atoms with E-state index >= 15 is 0 Å². The number of benzene rings is 1. The number of carbonyl (C=O) groups excluding carboxylic acids is 1. The SMILES string of the molecule is COc1ccccc1N(C)C(=O)c1ccc(Cl)nn1. The number of ether oxygens (including phenoxy) is 1. The van der Waals surface area contributed by atoms with Gasteiger partial charge >= 0.3 is 0 Å². The fraction of sp³-hybridized carbons (Fsp3) is 0.154. The number of halogens is 1. The Bertz CT molecular complexity index is 587. The summed E-state index contributed by atoms with van der Waals surface area (Å²) >= 11 is 5.64. The molecule has 0 radical (unpaired) electrons. The van der Waals surface area contributed by atoms with Crippen LogP contribution in [-0.2, 0) is 0 Å².